The Morgan fingerprint density at radius 2 is 1.08 bits per heavy atom. The smallest absolute Gasteiger partial charge is 0.386 e. The van der Waals surface area contributed by atoms with Gasteiger partial charge in [-0.3, -0.25) is 59.5 Å². The number of rotatable bonds is 13. The van der Waals surface area contributed by atoms with Crippen molar-refractivity contribution < 1.29 is 93.1 Å². The monoisotopic (exact) mass is 1800 g/mol. The molecular weight excluding hydrogens is 1710 g/mol. The van der Waals surface area contributed by atoms with E-state index in [0.717, 1.165) is 0 Å². The molecule has 1 aromatic carbocycles. The van der Waals surface area contributed by atoms with Crippen molar-refractivity contribution in [2.75, 3.05) is 50.6 Å². The Labute approximate surface area is 687 Å². The highest BCUT2D eigenvalue weighted by Crippen LogP contribution is 2.62. The second-order valence-corrected chi connectivity index (χ2v) is 51.9. The first-order valence-electron chi connectivity index (χ1n) is 36.2. The van der Waals surface area contributed by atoms with Crippen molar-refractivity contribution in [2.24, 2.45) is 11.8 Å². The zero-order valence-electron chi connectivity index (χ0n) is 64.9. The molecule has 10 N–H and O–H groups in total. The van der Waals surface area contributed by atoms with Crippen molar-refractivity contribution >= 4 is 143 Å². The number of amides is 1. The SMILES string of the molecule is C[C@H]1[C@H]2OP(=O)(S)OC[C@H]3O[C@@H](n4cnc5c(N)ncnc54)[C@H](O[Si](C)(C)C(C)(C)C)[C@@H]3OP(O)(=S)OC[C@H]1O[C@H]2n1ccc(=O)n2ccnc12.N.O.[C-]#[N+]CCOP1(=S)OC[C@H]2O[C@@H](n3ccc(=O)n4ccnc34)[C@H](OP(O)(=S)OC[C@H]3O[C@@H](n4cnc5c(NC(=O)c6ccccc6)ncnc54)[C@H](O[Si](C)(C)C(C)(C)C)[C@@H]3O1)[C@@H]2C. The van der Waals surface area contributed by atoms with E-state index in [1.54, 1.807) is 49.5 Å². The summed E-state index contributed by atoms with van der Waals surface area (Å²) in [4.78, 5) is 100. The van der Waals surface area contributed by atoms with Gasteiger partial charge in [-0.2, -0.15) is 0 Å². The minimum absolute atomic E-state index is 0. The van der Waals surface area contributed by atoms with Crippen LogP contribution in [0, 0.1) is 18.4 Å². The number of nitrogens with two attached hydrogens (primary N) is 1. The number of hydrogen-bond donors (Lipinski definition) is 6. The number of thiol groups is 1. The van der Waals surface area contributed by atoms with Crippen molar-refractivity contribution in [3.05, 3.63) is 143 Å². The van der Waals surface area contributed by atoms with Gasteiger partial charge in [0.1, 0.15) is 73.6 Å². The molecule has 6 aliphatic rings. The quantitative estimate of drug-likeness (QED) is 0.0206. The van der Waals surface area contributed by atoms with Crippen LogP contribution in [0.25, 0.3) is 38.7 Å². The van der Waals surface area contributed by atoms with Gasteiger partial charge in [-0.15, -0.1) is 0 Å². The summed E-state index contributed by atoms with van der Waals surface area (Å²) >= 11 is 21.8. The number of imidazole rings is 4. The summed E-state index contributed by atoms with van der Waals surface area (Å²) in [6.45, 7) is 14.4. The summed E-state index contributed by atoms with van der Waals surface area (Å²) in [5.74, 6) is -0.506. The van der Waals surface area contributed by atoms with E-state index in [1.165, 1.54) is 83.4 Å². The van der Waals surface area contributed by atoms with Gasteiger partial charge in [-0.05, 0) is 83.8 Å². The minimum atomic E-state index is -4.18. The average Bonchev–Trinajstić information content (AvgIpc) is 1.61. The molecule has 116 heavy (non-hydrogen) atoms. The maximum absolute atomic E-state index is 14.0. The number of anilines is 2. The van der Waals surface area contributed by atoms with E-state index in [4.69, 9.17) is 116 Å². The summed E-state index contributed by atoms with van der Waals surface area (Å²) in [5, 5.41) is 2.28. The molecule has 15 rings (SSSR count). The van der Waals surface area contributed by atoms with Gasteiger partial charge < -0.3 is 87.7 Å². The van der Waals surface area contributed by atoms with Crippen LogP contribution in [0.5, 0.6) is 0 Å². The predicted octanol–water partition coefficient (Wildman–Crippen LogP) is 8.75. The van der Waals surface area contributed by atoms with Gasteiger partial charge in [0.2, 0.25) is 18.1 Å². The standard InChI is InChI=1S/C38H47N9O11P2S2Si.C28H40N8O10P2S2Si.H3N.H2O/c1-23-25-19-53-60(62,51-18-15-39-5)57-30-26(20-52-59(50,61)56-29(23)35(54-25)46-16-13-27(48)45-17-14-40-37(45)46)55-36(31(30)58-63(6,7)38(2,3)4)47-22-43-28-32(41-21-42-33(28)47)44-34(49)24-11-9-8-10-12-24;1-15-16-11-40-48(39,50)45-21-17(12-41-47(38,49)44-20(15)25(42-16)35-9-7-18(37)34-10-8-30-27(34)35)43-26(22(21)46-51(5,6)28(2,3)4)36-14-33-19-23(29)31-13-32-24(19)36;;/h8-14,16-17,21-23,25-26,29-31,35-36H,15,18-20H2,1-4,6-7H3,(H,50,61)(H,41,42,44,49);7-10,13-17,20-22,25-26H,11-12H2,1-6H3,(H,38,49)(H,39,50)(H2,29,31,32);1H3;1H2/t23-,25-,26-,29-,30-,31-,35-,36-,59?,60?;15-,16-,17-,20-,21-,22-,25-,26-,47?,48?;;/m11../s1. The number of nitrogens with one attached hydrogen (secondary N) is 1. The maximum Gasteiger partial charge on any atom is 0.386 e. The van der Waals surface area contributed by atoms with Crippen molar-refractivity contribution in [1.29, 1.82) is 0 Å². The molecule has 0 radical (unpaired) electrons. The first-order chi connectivity index (χ1) is 53.7. The highest BCUT2D eigenvalue weighted by Gasteiger charge is 2.58. The molecule has 4 bridgehead atoms. The fourth-order valence-electron chi connectivity index (χ4n) is 13.4. The highest BCUT2D eigenvalue weighted by atomic mass is 32.7. The first-order valence-corrected chi connectivity index (χ1v) is 52.4. The molecule has 1 amide bonds. The molecule has 20 atom stereocenters. The van der Waals surface area contributed by atoms with Crippen LogP contribution in [0.2, 0.25) is 36.3 Å². The number of nitrogens with zero attached hydrogens (tertiary/aromatic N) is 15. The number of benzene rings is 1. The Kier molecular flexibility index (Phi) is 26.6. The molecule has 0 spiro atoms. The van der Waals surface area contributed by atoms with Gasteiger partial charge in [0.15, 0.2) is 70.0 Å². The lowest BCUT2D eigenvalue weighted by Crippen LogP contribution is -2.49. The predicted molar refractivity (Wildman–Crippen MR) is 440 cm³/mol. The Morgan fingerprint density at radius 3 is 1.60 bits per heavy atom. The van der Waals surface area contributed by atoms with Crippen molar-refractivity contribution in [3.63, 3.8) is 0 Å². The summed E-state index contributed by atoms with van der Waals surface area (Å²) in [7, 11) is -5.29. The lowest BCUT2D eigenvalue weighted by atomic mass is 10.0. The Morgan fingerprint density at radius 1 is 0.621 bits per heavy atom. The Hall–Kier alpha value is -5.88. The molecule has 630 valence electrons. The van der Waals surface area contributed by atoms with Crippen LogP contribution >= 0.6 is 39.2 Å². The maximum atomic E-state index is 14.0. The third-order valence-electron chi connectivity index (χ3n) is 21.6. The van der Waals surface area contributed by atoms with Crippen LogP contribution in [0.4, 0.5) is 11.6 Å². The Bertz CT molecular complexity index is 5460. The number of aromatic nitrogens is 14. The lowest BCUT2D eigenvalue weighted by molar-refractivity contribution is -0.0614. The third-order valence-corrected chi connectivity index (χ3v) is 37.6. The molecule has 6 aliphatic heterocycles. The number of carbonyl (C=O) groups excluding carboxylic acids is 1. The van der Waals surface area contributed by atoms with E-state index < -0.39 is 141 Å². The fourth-order valence-corrected chi connectivity index (χ4v) is 22.5. The lowest BCUT2D eigenvalue weighted by Gasteiger charge is -2.41. The molecule has 40 nitrogen and oxygen atoms in total. The van der Waals surface area contributed by atoms with E-state index in [-0.39, 0.29) is 107 Å². The minimum Gasteiger partial charge on any atom is -0.412 e. The van der Waals surface area contributed by atoms with Crippen LogP contribution in [0.15, 0.2) is 115 Å². The summed E-state index contributed by atoms with van der Waals surface area (Å²) in [5.41, 5.74) is 7.22. The van der Waals surface area contributed by atoms with Crippen molar-refractivity contribution in [2.45, 2.75) is 178 Å². The molecule has 0 aliphatic carbocycles. The van der Waals surface area contributed by atoms with Crippen LogP contribution in [-0.4, -0.2) is 205 Å². The highest BCUT2D eigenvalue weighted by molar-refractivity contribution is 8.44. The second-order valence-electron chi connectivity index (χ2n) is 31.0. The summed E-state index contributed by atoms with van der Waals surface area (Å²) in [6, 6.07) is 11.4. The van der Waals surface area contributed by atoms with Crippen LogP contribution in [0.3, 0.4) is 0 Å². The largest absolute Gasteiger partial charge is 0.412 e. The number of ether oxygens (including phenoxy) is 4. The second kappa shape index (κ2) is 34.6. The van der Waals surface area contributed by atoms with Gasteiger partial charge in [0.05, 0.1) is 51.3 Å². The third kappa shape index (κ3) is 18.3. The normalized spacial score (nSPS) is 32.2. The number of carbonyl (C=O) groups is 1. The average molecular weight is 1800 g/mol. The van der Waals surface area contributed by atoms with E-state index in [2.05, 4.69) is 130 Å². The van der Waals surface area contributed by atoms with Crippen molar-refractivity contribution in [3.8, 4) is 0 Å². The Balaban J connectivity index is 0.000000215. The number of fused-ring (bicyclic) bond motifs is 10. The molecule has 50 heteroatoms. The van der Waals surface area contributed by atoms with Gasteiger partial charge >= 0.3 is 27.0 Å². The van der Waals surface area contributed by atoms with E-state index in [1.807, 2.05) is 13.0 Å². The molecule has 0 saturated carbocycles. The molecule has 14 heterocycles. The number of nitrogen functional groups attached to an aromatic ring is 1. The van der Waals surface area contributed by atoms with E-state index >= 15 is 0 Å². The molecule has 4 unspecified atom stereocenters. The van der Waals surface area contributed by atoms with E-state index in [9.17, 15) is 28.7 Å². The van der Waals surface area contributed by atoms with E-state index in [0.29, 0.717) is 22.4 Å². The van der Waals surface area contributed by atoms with Gasteiger partial charge in [0, 0.05) is 66.7 Å². The summed E-state index contributed by atoms with van der Waals surface area (Å²) < 4.78 is 120. The van der Waals surface area contributed by atoms with Gasteiger partial charge in [0.25, 0.3) is 17.0 Å². The van der Waals surface area contributed by atoms with Gasteiger partial charge in [-0.25, -0.2) is 51.0 Å². The van der Waals surface area contributed by atoms with Gasteiger partial charge in [-0.1, -0.05) is 85.8 Å². The van der Waals surface area contributed by atoms with Crippen LogP contribution in [0.1, 0.15) is 90.7 Å². The molecule has 6 fully saturated rings. The molecule has 9 aromatic rings. The van der Waals surface area contributed by atoms with Crippen LogP contribution in [-0.2, 0) is 108 Å². The van der Waals surface area contributed by atoms with Crippen molar-refractivity contribution in [1.82, 2.24) is 73.1 Å². The molecule has 8 aromatic heterocycles. The first kappa shape index (κ1) is 89.4. The van der Waals surface area contributed by atoms with Crippen LogP contribution < -0.4 is 28.3 Å². The number of hydrogen-bond acceptors (Lipinski definition) is 32. The fraction of sp³-hybridized carbons (Fsp3) is 0.545. The summed E-state index contributed by atoms with van der Waals surface area (Å²) in [6.07, 6.45) is 1.30. The zero-order valence-corrected chi connectivity index (χ0v) is 73.8. The molecular formula is C66H92N18O22P4S4Si2. The zero-order chi connectivity index (χ0) is 81.6. The molecule has 6 saturated heterocycles. The topological polar surface area (TPSA) is 488 Å².